The second kappa shape index (κ2) is 13.3. The summed E-state index contributed by atoms with van der Waals surface area (Å²) in [5.74, 6) is 0.0695. The van der Waals surface area contributed by atoms with E-state index in [1.54, 1.807) is 63.4 Å². The Kier molecular flexibility index (Phi) is 10.2. The number of likely N-dealkylation sites (N-methyl/N-ethyl adjacent to an activating group) is 1. The van der Waals surface area contributed by atoms with Gasteiger partial charge in [0, 0.05) is 13.1 Å². The van der Waals surface area contributed by atoms with Crippen LogP contribution in [0.5, 0.6) is 11.5 Å². The molecule has 0 aliphatic heterocycles. The van der Waals surface area contributed by atoms with Gasteiger partial charge >= 0.3 is 0 Å². The summed E-state index contributed by atoms with van der Waals surface area (Å²) in [6.07, 6.45) is 0. The molecule has 1 unspecified atom stereocenters. The molecule has 3 aromatic carbocycles. The minimum absolute atomic E-state index is 0.00298. The Labute approximate surface area is 234 Å². The van der Waals surface area contributed by atoms with E-state index in [9.17, 15) is 18.0 Å². The van der Waals surface area contributed by atoms with Gasteiger partial charge in [0.25, 0.3) is 10.0 Å². The molecule has 0 saturated carbocycles. The van der Waals surface area contributed by atoms with Crippen molar-refractivity contribution in [2.75, 3.05) is 31.6 Å². The van der Waals surface area contributed by atoms with Crippen molar-refractivity contribution in [1.82, 2.24) is 10.2 Å². The molecule has 1 N–H and O–H groups in total. The van der Waals surface area contributed by atoms with Gasteiger partial charge in [-0.1, -0.05) is 41.9 Å². The van der Waals surface area contributed by atoms with Gasteiger partial charge in [-0.05, 0) is 61.9 Å². The number of nitrogens with one attached hydrogen (secondary N) is 1. The highest BCUT2D eigenvalue weighted by Crippen LogP contribution is 2.32. The molecule has 0 saturated heterocycles. The van der Waals surface area contributed by atoms with Crippen LogP contribution in [-0.2, 0) is 26.2 Å². The van der Waals surface area contributed by atoms with Crippen molar-refractivity contribution in [3.8, 4) is 11.5 Å². The fourth-order valence-electron chi connectivity index (χ4n) is 3.89. The Morgan fingerprint density at radius 2 is 1.64 bits per heavy atom. The summed E-state index contributed by atoms with van der Waals surface area (Å²) in [6, 6.07) is 18.5. The molecule has 0 fully saturated rings. The third-order valence-corrected chi connectivity index (χ3v) is 8.15. The molecule has 11 heteroatoms. The Hall–Kier alpha value is -3.76. The molecule has 3 aromatic rings. The lowest BCUT2D eigenvalue weighted by atomic mass is 10.1. The molecule has 9 nitrogen and oxygen atoms in total. The number of sulfonamides is 1. The van der Waals surface area contributed by atoms with Gasteiger partial charge in [0.1, 0.15) is 24.1 Å². The normalized spacial score (nSPS) is 11.8. The number of ether oxygens (including phenoxy) is 2. The lowest BCUT2D eigenvalue weighted by Crippen LogP contribution is -2.51. The molecule has 0 aliphatic carbocycles. The molecule has 0 aliphatic rings. The van der Waals surface area contributed by atoms with E-state index in [2.05, 4.69) is 5.32 Å². The lowest BCUT2D eigenvalue weighted by molar-refractivity contribution is -0.139. The molecule has 1 atom stereocenters. The van der Waals surface area contributed by atoms with Crippen LogP contribution in [0.3, 0.4) is 0 Å². The molecule has 0 heterocycles. The fraction of sp³-hybridized carbons (Fsp3) is 0.286. The minimum atomic E-state index is -4.19. The highest BCUT2D eigenvalue weighted by molar-refractivity contribution is 7.92. The number of amides is 2. The standard InChI is InChI=1S/C28H32ClN3O6S/c1-5-30-28(34)20(2)31(18-21-11-14-23(37-3)15-12-21)27(33)19-32(22-13-16-26(38-4)25(29)17-22)39(35,36)24-9-7-6-8-10-24/h6-17,20H,5,18-19H2,1-4H3,(H,30,34). The molecule has 3 rings (SSSR count). The lowest BCUT2D eigenvalue weighted by Gasteiger charge is -2.32. The highest BCUT2D eigenvalue weighted by atomic mass is 35.5. The van der Waals surface area contributed by atoms with Gasteiger partial charge in [0.2, 0.25) is 11.8 Å². The molecule has 39 heavy (non-hydrogen) atoms. The molecule has 0 aromatic heterocycles. The predicted molar refractivity (Wildman–Crippen MR) is 151 cm³/mol. The molecular weight excluding hydrogens is 542 g/mol. The van der Waals surface area contributed by atoms with E-state index in [1.807, 2.05) is 0 Å². The molecular formula is C28H32ClN3O6S. The van der Waals surface area contributed by atoms with Gasteiger partial charge in [-0.3, -0.25) is 13.9 Å². The Bertz CT molecular complexity index is 1380. The predicted octanol–water partition coefficient (Wildman–Crippen LogP) is 4.11. The number of hydrogen-bond donors (Lipinski definition) is 1. The van der Waals surface area contributed by atoms with Crippen molar-refractivity contribution in [2.24, 2.45) is 0 Å². The van der Waals surface area contributed by atoms with E-state index in [4.69, 9.17) is 21.1 Å². The van der Waals surface area contributed by atoms with Crippen LogP contribution in [-0.4, -0.2) is 58.5 Å². The molecule has 208 valence electrons. The van der Waals surface area contributed by atoms with Crippen LogP contribution in [0.2, 0.25) is 5.02 Å². The average molecular weight is 574 g/mol. The van der Waals surface area contributed by atoms with Crippen LogP contribution in [0.15, 0.2) is 77.7 Å². The summed E-state index contributed by atoms with van der Waals surface area (Å²) < 4.78 is 39.0. The number of benzene rings is 3. The van der Waals surface area contributed by atoms with Gasteiger partial charge in [-0.15, -0.1) is 0 Å². The van der Waals surface area contributed by atoms with Gasteiger partial charge in [-0.2, -0.15) is 0 Å². The quantitative estimate of drug-likeness (QED) is 0.350. The van der Waals surface area contributed by atoms with E-state index in [-0.39, 0.29) is 28.1 Å². The number of methoxy groups -OCH3 is 2. The average Bonchev–Trinajstić information content (AvgIpc) is 2.94. The number of anilines is 1. The maximum atomic E-state index is 13.8. The van der Waals surface area contributed by atoms with Crippen molar-refractivity contribution in [3.05, 3.63) is 83.4 Å². The summed E-state index contributed by atoms with van der Waals surface area (Å²) in [7, 11) is -1.19. The van der Waals surface area contributed by atoms with Gasteiger partial charge < -0.3 is 19.7 Å². The number of rotatable bonds is 12. The number of halogens is 1. The van der Waals surface area contributed by atoms with Gasteiger partial charge in [0.05, 0.1) is 29.8 Å². The first-order chi connectivity index (χ1) is 18.6. The van der Waals surface area contributed by atoms with Crippen molar-refractivity contribution in [3.63, 3.8) is 0 Å². The maximum Gasteiger partial charge on any atom is 0.264 e. The fourth-order valence-corrected chi connectivity index (χ4v) is 5.57. The van der Waals surface area contributed by atoms with Crippen LogP contribution >= 0.6 is 11.6 Å². The first-order valence-electron chi connectivity index (χ1n) is 12.2. The summed E-state index contributed by atoms with van der Waals surface area (Å²) in [6.45, 7) is 3.27. The monoisotopic (exact) mass is 573 g/mol. The zero-order valence-electron chi connectivity index (χ0n) is 22.3. The third-order valence-electron chi connectivity index (χ3n) is 6.06. The molecule has 0 radical (unpaired) electrons. The van der Waals surface area contributed by atoms with E-state index in [1.165, 1.54) is 42.3 Å². The van der Waals surface area contributed by atoms with E-state index < -0.39 is 28.5 Å². The second-order valence-corrected chi connectivity index (χ2v) is 10.9. The maximum absolute atomic E-state index is 13.8. The number of nitrogens with zero attached hydrogens (tertiary/aromatic N) is 2. The smallest absolute Gasteiger partial charge is 0.264 e. The van der Waals surface area contributed by atoms with Crippen LogP contribution < -0.4 is 19.1 Å². The van der Waals surface area contributed by atoms with Crippen LogP contribution in [0.4, 0.5) is 5.69 Å². The summed E-state index contributed by atoms with van der Waals surface area (Å²) >= 11 is 6.32. The van der Waals surface area contributed by atoms with Crippen LogP contribution in [0.25, 0.3) is 0 Å². The first kappa shape index (κ1) is 29.8. The summed E-state index contributed by atoms with van der Waals surface area (Å²) in [4.78, 5) is 28.0. The van der Waals surface area contributed by atoms with Gasteiger partial charge in [-0.25, -0.2) is 8.42 Å². The SMILES string of the molecule is CCNC(=O)C(C)N(Cc1ccc(OC)cc1)C(=O)CN(c1ccc(OC)c(Cl)c1)S(=O)(=O)c1ccccc1. The number of carbonyl (C=O) groups is 2. The third kappa shape index (κ3) is 7.21. The van der Waals surface area contributed by atoms with Crippen molar-refractivity contribution < 1.29 is 27.5 Å². The van der Waals surface area contributed by atoms with Crippen molar-refractivity contribution in [1.29, 1.82) is 0 Å². The van der Waals surface area contributed by atoms with E-state index in [0.717, 1.165) is 9.87 Å². The van der Waals surface area contributed by atoms with Crippen molar-refractivity contribution in [2.45, 2.75) is 31.3 Å². The van der Waals surface area contributed by atoms with E-state index >= 15 is 0 Å². The molecule has 0 bridgehead atoms. The number of hydrogen-bond acceptors (Lipinski definition) is 6. The summed E-state index contributed by atoms with van der Waals surface area (Å²) in [5, 5.41) is 2.91. The first-order valence-corrected chi connectivity index (χ1v) is 14.1. The second-order valence-electron chi connectivity index (χ2n) is 8.58. The zero-order chi connectivity index (χ0) is 28.6. The van der Waals surface area contributed by atoms with Crippen LogP contribution in [0.1, 0.15) is 19.4 Å². The Balaban J connectivity index is 2.04. The number of carbonyl (C=O) groups excluding carboxylic acids is 2. The van der Waals surface area contributed by atoms with E-state index in [0.29, 0.717) is 18.0 Å². The highest BCUT2D eigenvalue weighted by Gasteiger charge is 2.32. The molecule has 2 amide bonds. The Morgan fingerprint density at radius 3 is 2.21 bits per heavy atom. The minimum Gasteiger partial charge on any atom is -0.497 e. The summed E-state index contributed by atoms with van der Waals surface area (Å²) in [5.41, 5.74) is 0.915. The Morgan fingerprint density at radius 1 is 0.974 bits per heavy atom. The zero-order valence-corrected chi connectivity index (χ0v) is 23.8. The van der Waals surface area contributed by atoms with Gasteiger partial charge in [0.15, 0.2) is 0 Å². The molecule has 0 spiro atoms. The van der Waals surface area contributed by atoms with Crippen molar-refractivity contribution >= 4 is 39.1 Å². The topological polar surface area (TPSA) is 105 Å². The largest absolute Gasteiger partial charge is 0.497 e. The van der Waals surface area contributed by atoms with Crippen LogP contribution in [0, 0.1) is 0 Å².